The van der Waals surface area contributed by atoms with Gasteiger partial charge in [0.1, 0.15) is 6.54 Å². The van der Waals surface area contributed by atoms with Crippen molar-refractivity contribution < 1.29 is 14.7 Å². The summed E-state index contributed by atoms with van der Waals surface area (Å²) in [6.45, 7) is 3.16. The molecule has 0 bridgehead atoms. The number of aliphatic carboxylic acids is 1. The molecule has 18 heavy (non-hydrogen) atoms. The molecule has 0 radical (unpaired) electrons. The molecule has 2 N–H and O–H groups in total. The van der Waals surface area contributed by atoms with Crippen LogP contribution in [0.4, 0.5) is 0 Å². The van der Waals surface area contributed by atoms with E-state index < -0.39 is 10.7 Å². The van der Waals surface area contributed by atoms with Crippen molar-refractivity contribution in [1.29, 1.82) is 0 Å². The Balaban J connectivity index is 2.65. The molecular formula is C12H14BrNO3S. The summed E-state index contributed by atoms with van der Waals surface area (Å²) in [6.07, 6.45) is 0. The first-order chi connectivity index (χ1) is 8.31. The minimum absolute atomic E-state index is 0.294. The van der Waals surface area contributed by atoms with Gasteiger partial charge in [0.25, 0.3) is 0 Å². The van der Waals surface area contributed by atoms with Gasteiger partial charge >= 0.3 is 5.97 Å². The van der Waals surface area contributed by atoms with Crippen LogP contribution in [0.3, 0.4) is 0 Å². The lowest BCUT2D eigenvalue weighted by atomic mass is 10.2. The first kappa shape index (κ1) is 15.0. The summed E-state index contributed by atoms with van der Waals surface area (Å²) in [5, 5.41) is 10.9. The van der Waals surface area contributed by atoms with E-state index in [1.807, 2.05) is 24.3 Å². The van der Waals surface area contributed by atoms with Gasteiger partial charge in [0.15, 0.2) is 0 Å². The van der Waals surface area contributed by atoms with E-state index in [0.717, 1.165) is 9.37 Å². The van der Waals surface area contributed by atoms with Crippen LogP contribution in [-0.4, -0.2) is 28.3 Å². The number of carbonyl (C=O) groups is 2. The van der Waals surface area contributed by atoms with Crippen LogP contribution in [0.2, 0.25) is 0 Å². The van der Waals surface area contributed by atoms with Crippen molar-refractivity contribution in [2.24, 2.45) is 0 Å². The molecule has 0 heterocycles. The smallest absolute Gasteiger partial charge is 0.322 e. The molecule has 0 aliphatic heterocycles. The summed E-state index contributed by atoms with van der Waals surface area (Å²) in [7, 11) is 0. The van der Waals surface area contributed by atoms with Crippen LogP contribution >= 0.6 is 27.7 Å². The highest BCUT2D eigenvalue weighted by Crippen LogP contribution is 2.33. The molecule has 1 rings (SSSR count). The number of carboxylic acid groups (broad SMARTS) is 1. The molecule has 0 aliphatic carbocycles. The van der Waals surface area contributed by atoms with Gasteiger partial charge in [0.05, 0.1) is 4.75 Å². The second-order valence-electron chi connectivity index (χ2n) is 4.14. The van der Waals surface area contributed by atoms with Gasteiger partial charge in [0, 0.05) is 9.37 Å². The van der Waals surface area contributed by atoms with E-state index in [2.05, 4.69) is 21.2 Å². The maximum absolute atomic E-state index is 11.8. The van der Waals surface area contributed by atoms with Crippen molar-refractivity contribution in [2.75, 3.05) is 6.54 Å². The highest BCUT2D eigenvalue weighted by Gasteiger charge is 2.29. The molecule has 0 fully saturated rings. The third-order valence-corrected chi connectivity index (χ3v) is 3.87. The summed E-state index contributed by atoms with van der Waals surface area (Å²) in [5.41, 5.74) is 0. The number of amides is 1. The predicted octanol–water partition coefficient (Wildman–Crippen LogP) is 2.52. The molecule has 1 aromatic carbocycles. The molecule has 0 saturated carbocycles. The topological polar surface area (TPSA) is 66.4 Å². The maximum atomic E-state index is 11.8. The Morgan fingerprint density at radius 1 is 1.33 bits per heavy atom. The minimum atomic E-state index is -1.05. The number of nitrogens with one attached hydrogen (secondary N) is 1. The van der Waals surface area contributed by atoms with E-state index in [-0.39, 0.29) is 12.5 Å². The molecule has 1 amide bonds. The summed E-state index contributed by atoms with van der Waals surface area (Å²) in [4.78, 5) is 23.2. The molecule has 0 saturated heterocycles. The van der Waals surface area contributed by atoms with Crippen molar-refractivity contribution in [3.8, 4) is 0 Å². The van der Waals surface area contributed by atoms with Crippen molar-refractivity contribution in [1.82, 2.24) is 5.32 Å². The number of rotatable bonds is 5. The molecular weight excluding hydrogens is 318 g/mol. The number of hydrogen-bond acceptors (Lipinski definition) is 3. The second-order valence-corrected chi connectivity index (χ2v) is 6.75. The molecule has 0 unspecified atom stereocenters. The van der Waals surface area contributed by atoms with Crippen molar-refractivity contribution >= 4 is 39.6 Å². The van der Waals surface area contributed by atoms with Crippen LogP contribution in [0.5, 0.6) is 0 Å². The molecule has 0 atom stereocenters. The predicted molar refractivity (Wildman–Crippen MR) is 74.7 cm³/mol. The lowest BCUT2D eigenvalue weighted by Gasteiger charge is -2.22. The van der Waals surface area contributed by atoms with Crippen LogP contribution in [-0.2, 0) is 9.59 Å². The van der Waals surface area contributed by atoms with Crippen LogP contribution in [0, 0.1) is 0 Å². The van der Waals surface area contributed by atoms with Gasteiger partial charge in [-0.05, 0) is 38.1 Å². The average Bonchev–Trinajstić information content (AvgIpc) is 2.28. The van der Waals surface area contributed by atoms with Crippen molar-refractivity contribution in [2.45, 2.75) is 23.5 Å². The zero-order valence-electron chi connectivity index (χ0n) is 10.1. The Bertz CT molecular complexity index is 445. The Hall–Kier alpha value is -1.01. The number of carbonyl (C=O) groups excluding carboxylic acids is 1. The summed E-state index contributed by atoms with van der Waals surface area (Å²) >= 11 is 4.73. The van der Waals surface area contributed by atoms with E-state index in [4.69, 9.17) is 5.11 Å². The summed E-state index contributed by atoms with van der Waals surface area (Å²) < 4.78 is 0.253. The SMILES string of the molecule is CC(C)(Sc1ccc(Br)cc1)C(=O)NCC(=O)O. The average molecular weight is 332 g/mol. The van der Waals surface area contributed by atoms with Gasteiger partial charge in [-0.3, -0.25) is 9.59 Å². The minimum Gasteiger partial charge on any atom is -0.480 e. The van der Waals surface area contributed by atoms with Crippen LogP contribution < -0.4 is 5.32 Å². The van der Waals surface area contributed by atoms with Crippen LogP contribution in [0.1, 0.15) is 13.8 Å². The highest BCUT2D eigenvalue weighted by molar-refractivity contribution is 9.10. The Morgan fingerprint density at radius 2 is 1.89 bits per heavy atom. The first-order valence-corrected chi connectivity index (χ1v) is 6.87. The molecule has 6 heteroatoms. The number of hydrogen-bond donors (Lipinski definition) is 2. The number of benzene rings is 1. The Kier molecular flexibility index (Phi) is 5.22. The molecule has 1 aromatic rings. The van der Waals surface area contributed by atoms with Crippen LogP contribution in [0.15, 0.2) is 33.6 Å². The second kappa shape index (κ2) is 6.24. The molecule has 0 aromatic heterocycles. The fraction of sp³-hybridized carbons (Fsp3) is 0.333. The monoisotopic (exact) mass is 331 g/mol. The van der Waals surface area contributed by atoms with E-state index in [1.165, 1.54) is 11.8 Å². The molecule has 98 valence electrons. The standard InChI is InChI=1S/C12H14BrNO3S/c1-12(2,11(17)14-7-10(15)16)18-9-5-3-8(13)4-6-9/h3-6H,7H2,1-2H3,(H,14,17)(H,15,16). The first-order valence-electron chi connectivity index (χ1n) is 5.26. The lowest BCUT2D eigenvalue weighted by Crippen LogP contribution is -2.41. The zero-order chi connectivity index (χ0) is 13.8. The van der Waals surface area contributed by atoms with Gasteiger partial charge in [-0.2, -0.15) is 0 Å². The number of carboxylic acids is 1. The van der Waals surface area contributed by atoms with Gasteiger partial charge in [-0.15, -0.1) is 11.8 Å². The van der Waals surface area contributed by atoms with E-state index in [9.17, 15) is 9.59 Å². The van der Waals surface area contributed by atoms with Gasteiger partial charge in [-0.25, -0.2) is 0 Å². The fourth-order valence-electron chi connectivity index (χ4n) is 1.21. The quantitative estimate of drug-likeness (QED) is 0.813. The molecule has 0 spiro atoms. The molecule has 4 nitrogen and oxygen atoms in total. The van der Waals surface area contributed by atoms with Gasteiger partial charge < -0.3 is 10.4 Å². The number of thioether (sulfide) groups is 1. The zero-order valence-corrected chi connectivity index (χ0v) is 12.5. The Labute approximate surface area is 118 Å². The summed E-state index contributed by atoms with van der Waals surface area (Å²) in [5.74, 6) is -1.34. The van der Waals surface area contributed by atoms with Crippen molar-refractivity contribution in [3.63, 3.8) is 0 Å². The van der Waals surface area contributed by atoms with Crippen molar-refractivity contribution in [3.05, 3.63) is 28.7 Å². The van der Waals surface area contributed by atoms with E-state index in [1.54, 1.807) is 13.8 Å². The van der Waals surface area contributed by atoms with E-state index >= 15 is 0 Å². The lowest BCUT2D eigenvalue weighted by molar-refractivity contribution is -0.138. The normalized spacial score (nSPS) is 11.1. The third kappa shape index (κ3) is 4.70. The highest BCUT2D eigenvalue weighted by atomic mass is 79.9. The summed E-state index contributed by atoms with van der Waals surface area (Å²) in [6, 6.07) is 7.60. The third-order valence-electron chi connectivity index (χ3n) is 2.13. The maximum Gasteiger partial charge on any atom is 0.322 e. The fourth-order valence-corrected chi connectivity index (χ4v) is 2.50. The Morgan fingerprint density at radius 3 is 2.39 bits per heavy atom. The number of halogens is 1. The van der Waals surface area contributed by atoms with Crippen LogP contribution in [0.25, 0.3) is 0 Å². The van der Waals surface area contributed by atoms with E-state index in [0.29, 0.717) is 0 Å². The van der Waals surface area contributed by atoms with Gasteiger partial charge in [0.2, 0.25) is 5.91 Å². The largest absolute Gasteiger partial charge is 0.480 e. The molecule has 0 aliphatic rings. The van der Waals surface area contributed by atoms with Gasteiger partial charge in [-0.1, -0.05) is 15.9 Å².